The van der Waals surface area contributed by atoms with E-state index >= 15 is 0 Å². The third-order valence-corrected chi connectivity index (χ3v) is 3.86. The Bertz CT molecular complexity index is 748. The smallest absolute Gasteiger partial charge is 0.416 e. The molecule has 132 valence electrons. The highest BCUT2D eigenvalue weighted by Gasteiger charge is 2.31. The van der Waals surface area contributed by atoms with Crippen molar-refractivity contribution in [3.63, 3.8) is 0 Å². The van der Waals surface area contributed by atoms with Crippen LogP contribution in [0.1, 0.15) is 27.7 Å². The molecular formula is C16H14F3N3O3. The molecule has 1 aromatic heterocycles. The quantitative estimate of drug-likeness (QED) is 0.915. The number of hydrogen-bond acceptors (Lipinski definition) is 5. The Kier molecular flexibility index (Phi) is 4.58. The average Bonchev–Trinajstić information content (AvgIpc) is 2.61. The summed E-state index contributed by atoms with van der Waals surface area (Å²) in [5.74, 6) is -0.672. The van der Waals surface area contributed by atoms with Gasteiger partial charge in [0.1, 0.15) is 11.9 Å². The fourth-order valence-electron chi connectivity index (χ4n) is 2.54. The minimum atomic E-state index is -4.38. The van der Waals surface area contributed by atoms with Crippen LogP contribution in [0.2, 0.25) is 0 Å². The van der Waals surface area contributed by atoms with Crippen LogP contribution in [0.3, 0.4) is 0 Å². The number of nitrogens with zero attached hydrogens (tertiary/aromatic N) is 3. The van der Waals surface area contributed by atoms with Gasteiger partial charge in [0.05, 0.1) is 24.6 Å². The van der Waals surface area contributed by atoms with Gasteiger partial charge in [-0.05, 0) is 17.7 Å². The maximum absolute atomic E-state index is 12.6. The van der Waals surface area contributed by atoms with Crippen molar-refractivity contribution >= 4 is 11.8 Å². The van der Waals surface area contributed by atoms with Crippen LogP contribution in [0.15, 0.2) is 36.7 Å². The standard InChI is InChI=1S/C16H14F3N3O3/c17-16(18,19)11-3-1-10(2-4-11)13-9-22(5-6-25-13)14-8-20-12(7-21-14)15(23)24/h1-4,7-8,13H,5-6,9H2,(H,23,24). The van der Waals surface area contributed by atoms with E-state index in [1.54, 1.807) is 0 Å². The number of carbonyl (C=O) groups is 1. The number of aromatic nitrogens is 2. The van der Waals surface area contributed by atoms with E-state index in [0.717, 1.165) is 12.1 Å². The summed E-state index contributed by atoms with van der Waals surface area (Å²) in [5.41, 5.74) is -0.233. The van der Waals surface area contributed by atoms with Crippen LogP contribution in [0.4, 0.5) is 19.0 Å². The minimum absolute atomic E-state index is 0.156. The molecule has 0 radical (unpaired) electrons. The Morgan fingerprint density at radius 2 is 1.92 bits per heavy atom. The van der Waals surface area contributed by atoms with Gasteiger partial charge < -0.3 is 14.7 Å². The number of rotatable bonds is 3. The molecule has 9 heteroatoms. The zero-order valence-corrected chi connectivity index (χ0v) is 12.9. The molecular weight excluding hydrogens is 339 g/mol. The summed E-state index contributed by atoms with van der Waals surface area (Å²) in [4.78, 5) is 20.6. The van der Waals surface area contributed by atoms with Crippen LogP contribution in [0, 0.1) is 0 Å². The van der Waals surface area contributed by atoms with Crippen LogP contribution in [0.25, 0.3) is 0 Å². The molecule has 0 amide bonds. The number of aromatic carboxylic acids is 1. The lowest BCUT2D eigenvalue weighted by atomic mass is 10.1. The first-order valence-corrected chi connectivity index (χ1v) is 7.43. The second-order valence-electron chi connectivity index (χ2n) is 5.49. The highest BCUT2D eigenvalue weighted by Crippen LogP contribution is 2.31. The van der Waals surface area contributed by atoms with E-state index in [-0.39, 0.29) is 5.69 Å². The van der Waals surface area contributed by atoms with Gasteiger partial charge in [-0.3, -0.25) is 0 Å². The number of hydrogen-bond donors (Lipinski definition) is 1. The number of alkyl halides is 3. The highest BCUT2D eigenvalue weighted by molar-refractivity contribution is 5.84. The fraction of sp³-hybridized carbons (Fsp3) is 0.312. The van der Waals surface area contributed by atoms with Gasteiger partial charge in [-0.25, -0.2) is 14.8 Å². The average molecular weight is 353 g/mol. The molecule has 1 aromatic carbocycles. The van der Waals surface area contributed by atoms with Gasteiger partial charge in [0.25, 0.3) is 0 Å². The number of carboxylic acid groups (broad SMARTS) is 1. The first-order valence-electron chi connectivity index (χ1n) is 7.43. The maximum Gasteiger partial charge on any atom is 0.416 e. The van der Waals surface area contributed by atoms with E-state index in [1.165, 1.54) is 24.5 Å². The molecule has 1 atom stereocenters. The van der Waals surface area contributed by atoms with Gasteiger partial charge in [-0.1, -0.05) is 12.1 Å². The largest absolute Gasteiger partial charge is 0.476 e. The van der Waals surface area contributed by atoms with Crippen molar-refractivity contribution in [3.05, 3.63) is 53.5 Å². The number of carboxylic acids is 1. The molecule has 1 saturated heterocycles. The van der Waals surface area contributed by atoms with Crippen molar-refractivity contribution in [2.45, 2.75) is 12.3 Å². The highest BCUT2D eigenvalue weighted by atomic mass is 19.4. The molecule has 0 aliphatic carbocycles. The number of benzene rings is 1. The van der Waals surface area contributed by atoms with Crippen molar-refractivity contribution in [2.75, 3.05) is 24.6 Å². The summed E-state index contributed by atoms with van der Waals surface area (Å²) in [5, 5.41) is 8.84. The Balaban J connectivity index is 1.73. The lowest BCUT2D eigenvalue weighted by Gasteiger charge is -2.33. The zero-order chi connectivity index (χ0) is 18.0. The molecule has 25 heavy (non-hydrogen) atoms. The molecule has 3 rings (SSSR count). The Hall–Kier alpha value is -2.68. The minimum Gasteiger partial charge on any atom is -0.476 e. The van der Waals surface area contributed by atoms with E-state index in [4.69, 9.17) is 9.84 Å². The summed E-state index contributed by atoms with van der Waals surface area (Å²) < 4.78 is 43.6. The zero-order valence-electron chi connectivity index (χ0n) is 12.9. The molecule has 1 aliphatic heterocycles. The molecule has 0 spiro atoms. The van der Waals surface area contributed by atoms with Crippen LogP contribution in [-0.4, -0.2) is 40.7 Å². The normalized spacial score (nSPS) is 18.2. The lowest BCUT2D eigenvalue weighted by molar-refractivity contribution is -0.137. The molecule has 0 bridgehead atoms. The first-order chi connectivity index (χ1) is 11.8. The fourth-order valence-corrected chi connectivity index (χ4v) is 2.54. The summed E-state index contributed by atoms with van der Waals surface area (Å²) in [6.07, 6.45) is -2.25. The molecule has 1 fully saturated rings. The van der Waals surface area contributed by atoms with Gasteiger partial charge in [0.2, 0.25) is 0 Å². The van der Waals surface area contributed by atoms with E-state index in [9.17, 15) is 18.0 Å². The summed E-state index contributed by atoms with van der Waals surface area (Å²) in [6, 6.07) is 4.85. The predicted octanol–water partition coefficient (Wildman–Crippen LogP) is 2.77. The molecule has 2 aromatic rings. The van der Waals surface area contributed by atoms with Crippen molar-refractivity contribution in [1.82, 2.24) is 9.97 Å². The summed E-state index contributed by atoms with van der Waals surface area (Å²) in [6.45, 7) is 1.28. The van der Waals surface area contributed by atoms with Gasteiger partial charge in [-0.15, -0.1) is 0 Å². The molecule has 1 unspecified atom stereocenters. The van der Waals surface area contributed by atoms with E-state index in [2.05, 4.69) is 9.97 Å². The van der Waals surface area contributed by atoms with Gasteiger partial charge in [0, 0.05) is 13.1 Å². The number of halogens is 3. The summed E-state index contributed by atoms with van der Waals surface area (Å²) in [7, 11) is 0. The van der Waals surface area contributed by atoms with Crippen molar-refractivity contribution < 1.29 is 27.8 Å². The predicted molar refractivity (Wildman–Crippen MR) is 81.3 cm³/mol. The van der Waals surface area contributed by atoms with E-state index in [1.807, 2.05) is 4.90 Å². The van der Waals surface area contributed by atoms with Crippen LogP contribution >= 0.6 is 0 Å². The van der Waals surface area contributed by atoms with E-state index < -0.39 is 23.8 Å². The van der Waals surface area contributed by atoms with Crippen molar-refractivity contribution in [3.8, 4) is 0 Å². The number of anilines is 1. The second kappa shape index (κ2) is 6.67. The lowest BCUT2D eigenvalue weighted by Crippen LogP contribution is -2.39. The van der Waals surface area contributed by atoms with Crippen molar-refractivity contribution in [2.24, 2.45) is 0 Å². The van der Waals surface area contributed by atoms with Crippen LogP contribution in [-0.2, 0) is 10.9 Å². The molecule has 1 aliphatic rings. The SMILES string of the molecule is O=C(O)c1cnc(N2CCOC(c3ccc(C(F)(F)F)cc3)C2)cn1. The Labute approximate surface area is 140 Å². The second-order valence-corrected chi connectivity index (χ2v) is 5.49. The number of ether oxygens (including phenoxy) is 1. The van der Waals surface area contributed by atoms with Crippen molar-refractivity contribution in [1.29, 1.82) is 0 Å². The third-order valence-electron chi connectivity index (χ3n) is 3.86. The van der Waals surface area contributed by atoms with Gasteiger partial charge in [-0.2, -0.15) is 13.2 Å². The topological polar surface area (TPSA) is 75.5 Å². The van der Waals surface area contributed by atoms with E-state index in [0.29, 0.717) is 31.1 Å². The van der Waals surface area contributed by atoms with Crippen LogP contribution < -0.4 is 4.90 Å². The molecule has 0 saturated carbocycles. The monoisotopic (exact) mass is 353 g/mol. The number of morpholine rings is 1. The van der Waals surface area contributed by atoms with Gasteiger partial charge in [0.15, 0.2) is 5.69 Å². The van der Waals surface area contributed by atoms with Gasteiger partial charge >= 0.3 is 12.1 Å². The maximum atomic E-state index is 12.6. The third kappa shape index (κ3) is 3.87. The van der Waals surface area contributed by atoms with Crippen LogP contribution in [0.5, 0.6) is 0 Å². The molecule has 2 heterocycles. The molecule has 1 N–H and O–H groups in total. The Morgan fingerprint density at radius 3 is 2.48 bits per heavy atom. The summed E-state index contributed by atoms with van der Waals surface area (Å²) >= 11 is 0. The first kappa shape index (κ1) is 17.2. The Morgan fingerprint density at radius 1 is 1.20 bits per heavy atom. The molecule has 6 nitrogen and oxygen atoms in total.